The van der Waals surface area contributed by atoms with Crippen molar-refractivity contribution in [2.24, 2.45) is 23.7 Å². The fraction of sp³-hybridized carbons (Fsp3) is 0.788. The minimum absolute atomic E-state index is 0.0497. The van der Waals surface area contributed by atoms with E-state index >= 15 is 0 Å². The zero-order valence-electron chi connectivity index (χ0n) is 25.1. The number of rotatable bonds is 13. The third kappa shape index (κ3) is 12.9. The zero-order chi connectivity index (χ0) is 30.2. The summed E-state index contributed by atoms with van der Waals surface area (Å²) in [6.45, 7) is 6.70. The van der Waals surface area contributed by atoms with Gasteiger partial charge in [-0.25, -0.2) is 15.6 Å². The van der Waals surface area contributed by atoms with Gasteiger partial charge in [-0.3, -0.25) is 0 Å². The number of carbonyl (C=O) groups is 1. The maximum absolute atomic E-state index is 14.0. The molecule has 2 aliphatic carbocycles. The van der Waals surface area contributed by atoms with Crippen molar-refractivity contribution in [1.29, 1.82) is 0 Å². The Bertz CT molecular complexity index is 946. The number of thioether (sulfide) groups is 1. The maximum Gasteiger partial charge on any atom is 0.393 e. The van der Waals surface area contributed by atoms with Crippen LogP contribution in [0.5, 0.6) is 0 Å². The topological polar surface area (TPSA) is 59.6 Å². The Hall–Kier alpha value is -1.65. The molecule has 1 saturated heterocycles. The third-order valence-corrected chi connectivity index (χ3v) is 9.58. The molecule has 42 heavy (non-hydrogen) atoms. The van der Waals surface area contributed by atoms with E-state index < -0.39 is 18.0 Å². The number of hydrogen-bond acceptors (Lipinski definition) is 6. The first-order valence-electron chi connectivity index (χ1n) is 15.9. The van der Waals surface area contributed by atoms with Crippen molar-refractivity contribution in [2.75, 3.05) is 13.2 Å². The third-order valence-electron chi connectivity index (χ3n) is 8.39. The van der Waals surface area contributed by atoms with Crippen LogP contribution in [-0.2, 0) is 14.3 Å². The molecule has 5 nitrogen and oxygen atoms in total. The van der Waals surface area contributed by atoms with Crippen molar-refractivity contribution in [3.63, 3.8) is 0 Å². The number of nitrogens with one attached hydrogen (secondary N) is 2. The van der Waals surface area contributed by atoms with Crippen molar-refractivity contribution >= 4 is 17.7 Å². The van der Waals surface area contributed by atoms with Gasteiger partial charge in [0.15, 0.2) is 0 Å². The molecule has 0 radical (unpaired) electrons. The average Bonchev–Trinajstić information content (AvgIpc) is 3.44. The van der Waals surface area contributed by atoms with Gasteiger partial charge in [-0.15, -0.1) is 11.8 Å². The molecule has 1 heterocycles. The molecule has 0 aromatic rings. The van der Waals surface area contributed by atoms with Crippen molar-refractivity contribution in [3.05, 3.63) is 12.7 Å². The summed E-state index contributed by atoms with van der Waals surface area (Å²) < 4.78 is 53.0. The number of hydrogen-bond donors (Lipinski definition) is 2. The molecule has 5 atom stereocenters. The van der Waals surface area contributed by atoms with Crippen molar-refractivity contribution in [2.45, 2.75) is 126 Å². The van der Waals surface area contributed by atoms with Gasteiger partial charge in [-0.1, -0.05) is 62.9 Å². The van der Waals surface area contributed by atoms with Gasteiger partial charge in [0.25, 0.3) is 0 Å². The lowest BCUT2D eigenvalue weighted by Gasteiger charge is -2.33. The van der Waals surface area contributed by atoms with Gasteiger partial charge < -0.3 is 9.47 Å². The van der Waals surface area contributed by atoms with Gasteiger partial charge in [0.2, 0.25) is 0 Å². The van der Waals surface area contributed by atoms with Crippen LogP contribution in [0.15, 0.2) is 12.7 Å². The molecule has 2 N–H and O–H groups in total. The van der Waals surface area contributed by atoms with Crippen LogP contribution in [0.2, 0.25) is 0 Å². The molecule has 3 rings (SSSR count). The summed E-state index contributed by atoms with van der Waals surface area (Å²) in [7, 11) is 0. The molecule has 0 aromatic carbocycles. The molecule has 3 fully saturated rings. The van der Waals surface area contributed by atoms with Crippen molar-refractivity contribution in [1.82, 2.24) is 10.9 Å². The van der Waals surface area contributed by atoms with Gasteiger partial charge in [-0.05, 0) is 70.6 Å². The summed E-state index contributed by atoms with van der Waals surface area (Å²) in [6, 6.07) is 0. The summed E-state index contributed by atoms with van der Waals surface area (Å²) in [4.78, 5) is 11.0. The molecule has 2 saturated carbocycles. The first-order valence-corrected chi connectivity index (χ1v) is 16.9. The Kier molecular flexibility index (Phi) is 15.7. The second-order valence-corrected chi connectivity index (χ2v) is 13.1. The summed E-state index contributed by atoms with van der Waals surface area (Å²) in [6.07, 6.45) is 10.5. The number of esters is 1. The molecule has 9 heteroatoms. The van der Waals surface area contributed by atoms with Crippen LogP contribution in [-0.4, -0.2) is 42.2 Å². The summed E-state index contributed by atoms with van der Waals surface area (Å²) in [5.74, 6) is 10.2. The Balaban J connectivity index is 1.34. The van der Waals surface area contributed by atoms with Crippen LogP contribution in [0.4, 0.5) is 13.2 Å². The van der Waals surface area contributed by atoms with E-state index in [1.807, 2.05) is 0 Å². The van der Waals surface area contributed by atoms with Gasteiger partial charge in [0, 0.05) is 30.4 Å². The number of unbranched alkanes of at least 4 members (excludes halogenated alkanes) is 5. The van der Waals surface area contributed by atoms with Crippen LogP contribution in [0.1, 0.15) is 103 Å². The Morgan fingerprint density at radius 2 is 1.62 bits per heavy atom. The first kappa shape index (κ1) is 34.8. The van der Waals surface area contributed by atoms with Crippen molar-refractivity contribution < 1.29 is 27.4 Å². The molecule has 236 valence electrons. The van der Waals surface area contributed by atoms with E-state index in [1.54, 1.807) is 11.8 Å². The second-order valence-electron chi connectivity index (χ2n) is 11.8. The average molecular weight is 611 g/mol. The van der Waals surface area contributed by atoms with Crippen LogP contribution in [0, 0.1) is 47.4 Å². The second kappa shape index (κ2) is 18.9. The molecular weight excluding hydrogens is 561 g/mol. The molecule has 0 bridgehead atoms. The van der Waals surface area contributed by atoms with E-state index in [0.717, 1.165) is 77.2 Å². The number of carbonyl (C=O) groups excluding carboxylic acids is 1. The quantitative estimate of drug-likeness (QED) is 0.0974. The predicted molar refractivity (Wildman–Crippen MR) is 163 cm³/mol. The van der Waals surface area contributed by atoms with E-state index in [0.29, 0.717) is 19.4 Å². The maximum atomic E-state index is 14.0. The first-order chi connectivity index (χ1) is 20.3. The van der Waals surface area contributed by atoms with E-state index in [-0.39, 0.29) is 41.1 Å². The monoisotopic (exact) mass is 610 g/mol. The van der Waals surface area contributed by atoms with E-state index in [4.69, 9.17) is 9.47 Å². The minimum atomic E-state index is -4.26. The van der Waals surface area contributed by atoms with E-state index in [9.17, 15) is 18.0 Å². The highest BCUT2D eigenvalue weighted by Crippen LogP contribution is 2.43. The highest BCUT2D eigenvalue weighted by Gasteiger charge is 2.47. The molecular formula is C33H49F3N2O3S. The van der Waals surface area contributed by atoms with Crippen LogP contribution in [0.3, 0.4) is 0 Å². The van der Waals surface area contributed by atoms with Crippen molar-refractivity contribution in [3.8, 4) is 23.7 Å². The number of halogens is 3. The molecule has 5 unspecified atom stereocenters. The molecule has 0 amide bonds. The Morgan fingerprint density at radius 1 is 0.905 bits per heavy atom. The molecule has 1 aliphatic heterocycles. The largest absolute Gasteiger partial charge is 0.463 e. The number of ether oxygens (including phenoxy) is 2. The fourth-order valence-electron chi connectivity index (χ4n) is 5.86. The lowest BCUT2D eigenvalue weighted by Crippen LogP contribution is -2.35. The lowest BCUT2D eigenvalue weighted by atomic mass is 9.74. The highest BCUT2D eigenvalue weighted by atomic mass is 32.2. The van der Waals surface area contributed by atoms with E-state index in [2.05, 4.69) is 48.0 Å². The standard InChI is InChI=1S/C33H49F3N2O3S/c1-3-5-8-11-30-37-38-31(42-30)21-18-27-17-14-26(24-29(27)33(34,35)36)13-12-25-15-19-28(20-16-25)40-22-9-6-7-10-23-41-32(39)4-2/h4,25-31,37-38H,2-3,5-11,14-17,19-20,22-24H2,1H3. The van der Waals surface area contributed by atoms with Gasteiger partial charge in [0.1, 0.15) is 5.37 Å². The summed E-state index contributed by atoms with van der Waals surface area (Å²) in [5.41, 5.74) is 6.36. The van der Waals surface area contributed by atoms with Gasteiger partial charge >= 0.3 is 12.1 Å². The van der Waals surface area contributed by atoms with E-state index in [1.165, 1.54) is 12.5 Å². The predicted octanol–water partition coefficient (Wildman–Crippen LogP) is 7.53. The lowest BCUT2D eigenvalue weighted by molar-refractivity contribution is -0.192. The highest BCUT2D eigenvalue weighted by molar-refractivity contribution is 8.00. The van der Waals surface area contributed by atoms with Gasteiger partial charge in [0.05, 0.1) is 24.0 Å². The molecule has 0 aromatic heterocycles. The fourth-order valence-corrected chi connectivity index (χ4v) is 6.90. The minimum Gasteiger partial charge on any atom is -0.463 e. The number of hydrazine groups is 1. The summed E-state index contributed by atoms with van der Waals surface area (Å²) >= 11 is 1.67. The summed E-state index contributed by atoms with van der Waals surface area (Å²) in [5, 5.41) is 0.0999. The molecule has 3 aliphatic rings. The van der Waals surface area contributed by atoms with Gasteiger partial charge in [-0.2, -0.15) is 13.2 Å². The zero-order valence-corrected chi connectivity index (χ0v) is 25.9. The van der Waals surface area contributed by atoms with Crippen LogP contribution < -0.4 is 10.9 Å². The number of alkyl halides is 3. The molecule has 0 spiro atoms. The SMILES string of the molecule is C=CC(=O)OCCCCCCOC1CCC(C#CC2CCC(C#CC3NNC(CCCCC)S3)C(C(F)(F)F)C2)CC1. The Labute approximate surface area is 255 Å². The smallest absolute Gasteiger partial charge is 0.393 e. The Morgan fingerprint density at radius 3 is 2.33 bits per heavy atom. The van der Waals surface area contributed by atoms with Crippen LogP contribution >= 0.6 is 11.8 Å². The van der Waals surface area contributed by atoms with Crippen LogP contribution in [0.25, 0.3) is 0 Å². The normalized spacial score (nSPS) is 29.6.